The van der Waals surface area contributed by atoms with Gasteiger partial charge in [0.2, 0.25) is 5.91 Å². The quantitative estimate of drug-likeness (QED) is 0.815. The summed E-state index contributed by atoms with van der Waals surface area (Å²) in [6.07, 6.45) is 0. The number of amides is 1. The molecule has 1 N–H and O–H groups in total. The van der Waals surface area contributed by atoms with E-state index in [-0.39, 0.29) is 12.5 Å². The zero-order chi connectivity index (χ0) is 15.3. The molecule has 1 unspecified atom stereocenters. The predicted octanol–water partition coefficient (Wildman–Crippen LogP) is 2.47. The number of rotatable bonds is 5. The first-order valence-corrected chi connectivity index (χ1v) is 6.95. The first-order valence-electron chi connectivity index (χ1n) is 5.78. The Morgan fingerprint density at radius 1 is 1.45 bits per heavy atom. The fourth-order valence-electron chi connectivity index (χ4n) is 1.59. The van der Waals surface area contributed by atoms with Crippen LogP contribution in [0.25, 0.3) is 0 Å². The van der Waals surface area contributed by atoms with Gasteiger partial charge in [0, 0.05) is 11.4 Å². The minimum atomic E-state index is -0.878. The average molecular weight is 365 g/mol. The van der Waals surface area contributed by atoms with Crippen LogP contribution >= 0.6 is 27.5 Å². The van der Waals surface area contributed by atoms with Crippen LogP contribution < -0.4 is 10.1 Å². The lowest BCUT2D eigenvalue weighted by molar-refractivity contribution is -0.145. The molecule has 0 aliphatic heterocycles. The van der Waals surface area contributed by atoms with Crippen LogP contribution in [0, 0.1) is 6.92 Å². The summed E-state index contributed by atoms with van der Waals surface area (Å²) in [6, 6.07) is 2.65. The van der Waals surface area contributed by atoms with E-state index in [4.69, 9.17) is 16.3 Å². The third-order valence-corrected chi connectivity index (χ3v) is 3.19. The summed E-state index contributed by atoms with van der Waals surface area (Å²) in [5.41, 5.74) is 0.816. The van der Waals surface area contributed by atoms with E-state index in [1.807, 2.05) is 13.0 Å². The largest absolute Gasteiger partial charge is 0.489 e. The second-order valence-electron chi connectivity index (χ2n) is 4.12. The highest BCUT2D eigenvalue weighted by Crippen LogP contribution is 2.32. The third kappa shape index (κ3) is 4.68. The van der Waals surface area contributed by atoms with Gasteiger partial charge >= 0.3 is 5.97 Å². The Bertz CT molecular complexity index is 498. The van der Waals surface area contributed by atoms with Crippen LogP contribution in [0.1, 0.15) is 12.5 Å². The van der Waals surface area contributed by atoms with Crippen molar-refractivity contribution in [2.75, 3.05) is 13.7 Å². The van der Waals surface area contributed by atoms with Gasteiger partial charge in [0.15, 0.2) is 6.04 Å². The van der Waals surface area contributed by atoms with E-state index in [2.05, 4.69) is 26.0 Å². The lowest BCUT2D eigenvalue weighted by Crippen LogP contribution is -2.44. The second kappa shape index (κ2) is 7.50. The van der Waals surface area contributed by atoms with Crippen molar-refractivity contribution in [3.8, 4) is 5.75 Å². The minimum Gasteiger partial charge on any atom is -0.489 e. The minimum absolute atomic E-state index is 0.0611. The Labute approximate surface area is 130 Å². The number of hydrogen-bond acceptors (Lipinski definition) is 4. The molecule has 0 heterocycles. The van der Waals surface area contributed by atoms with Crippen LogP contribution in [0.4, 0.5) is 0 Å². The van der Waals surface area contributed by atoms with Gasteiger partial charge in [-0.2, -0.15) is 0 Å². The average Bonchev–Trinajstić information content (AvgIpc) is 2.34. The van der Waals surface area contributed by atoms with E-state index in [1.165, 1.54) is 14.0 Å². The van der Waals surface area contributed by atoms with E-state index in [9.17, 15) is 9.59 Å². The molecule has 1 atom stereocenters. The fourth-order valence-corrected chi connectivity index (χ4v) is 2.62. The number of carbonyl (C=O) groups excluding carboxylic acids is 2. The number of esters is 1. The summed E-state index contributed by atoms with van der Waals surface area (Å²) in [4.78, 5) is 22.6. The monoisotopic (exact) mass is 363 g/mol. The van der Waals surface area contributed by atoms with E-state index in [0.717, 1.165) is 10.0 Å². The zero-order valence-corrected chi connectivity index (χ0v) is 13.7. The Balaban J connectivity index is 2.82. The topological polar surface area (TPSA) is 64.6 Å². The Morgan fingerprint density at radius 2 is 2.10 bits per heavy atom. The van der Waals surface area contributed by atoms with Crippen LogP contribution in [0.15, 0.2) is 16.6 Å². The van der Waals surface area contributed by atoms with Crippen molar-refractivity contribution in [3.63, 3.8) is 0 Å². The highest BCUT2D eigenvalue weighted by molar-refractivity contribution is 9.10. The molecule has 0 bridgehead atoms. The summed E-state index contributed by atoms with van der Waals surface area (Å²) in [6.45, 7) is 3.08. The standard InChI is InChI=1S/C13H15BrClNO4/c1-7-4-9(14)5-10(15)12(7)20-6-11(13(18)19-3)16-8(2)17/h4-5,11H,6H2,1-3H3,(H,16,17). The van der Waals surface area contributed by atoms with Gasteiger partial charge in [-0.25, -0.2) is 4.79 Å². The summed E-state index contributed by atoms with van der Waals surface area (Å²) in [5.74, 6) is -0.456. The highest BCUT2D eigenvalue weighted by Gasteiger charge is 2.22. The zero-order valence-electron chi connectivity index (χ0n) is 11.3. The Morgan fingerprint density at radius 3 is 2.60 bits per heavy atom. The highest BCUT2D eigenvalue weighted by atomic mass is 79.9. The normalized spacial score (nSPS) is 11.7. The van der Waals surface area contributed by atoms with Crippen LogP contribution in [0.3, 0.4) is 0 Å². The van der Waals surface area contributed by atoms with Gasteiger partial charge in [0.25, 0.3) is 0 Å². The predicted molar refractivity (Wildman–Crippen MR) is 79.0 cm³/mol. The maximum atomic E-state index is 11.5. The maximum Gasteiger partial charge on any atom is 0.331 e. The smallest absolute Gasteiger partial charge is 0.331 e. The number of nitrogens with one attached hydrogen (secondary N) is 1. The molecule has 0 aliphatic rings. The number of benzene rings is 1. The van der Waals surface area contributed by atoms with Crippen molar-refractivity contribution in [1.29, 1.82) is 0 Å². The Hall–Kier alpha value is -1.27. The number of hydrogen-bond donors (Lipinski definition) is 1. The van der Waals surface area contributed by atoms with Gasteiger partial charge in [0.1, 0.15) is 12.4 Å². The van der Waals surface area contributed by atoms with Gasteiger partial charge in [0.05, 0.1) is 12.1 Å². The van der Waals surface area contributed by atoms with Crippen LogP contribution in [-0.4, -0.2) is 31.6 Å². The number of aryl methyl sites for hydroxylation is 1. The number of carbonyl (C=O) groups is 2. The molecule has 5 nitrogen and oxygen atoms in total. The SMILES string of the molecule is COC(=O)C(COc1c(C)cc(Br)cc1Cl)NC(C)=O. The lowest BCUT2D eigenvalue weighted by Gasteiger charge is -2.18. The van der Waals surface area contributed by atoms with E-state index < -0.39 is 12.0 Å². The molecule has 1 rings (SSSR count). The van der Waals surface area contributed by atoms with Gasteiger partial charge < -0.3 is 14.8 Å². The molecule has 0 aromatic heterocycles. The summed E-state index contributed by atoms with van der Waals surface area (Å²) >= 11 is 9.40. The first kappa shape index (κ1) is 16.8. The van der Waals surface area contributed by atoms with Crippen molar-refractivity contribution in [1.82, 2.24) is 5.32 Å². The number of methoxy groups -OCH3 is 1. The molecular weight excluding hydrogens is 350 g/mol. The molecule has 0 radical (unpaired) electrons. The molecule has 1 amide bonds. The molecule has 0 saturated carbocycles. The molecule has 0 aliphatic carbocycles. The van der Waals surface area contributed by atoms with Crippen molar-refractivity contribution < 1.29 is 19.1 Å². The van der Waals surface area contributed by atoms with Crippen LogP contribution in [0.5, 0.6) is 5.75 Å². The molecule has 1 aromatic carbocycles. The van der Waals surface area contributed by atoms with Crippen molar-refractivity contribution in [2.45, 2.75) is 19.9 Å². The number of halogens is 2. The molecule has 0 fully saturated rings. The van der Waals surface area contributed by atoms with Gasteiger partial charge in [-0.3, -0.25) is 4.79 Å². The first-order chi connectivity index (χ1) is 9.35. The third-order valence-electron chi connectivity index (χ3n) is 2.45. The van der Waals surface area contributed by atoms with Crippen molar-refractivity contribution in [3.05, 3.63) is 27.2 Å². The van der Waals surface area contributed by atoms with Crippen molar-refractivity contribution >= 4 is 39.4 Å². The maximum absolute atomic E-state index is 11.5. The van der Waals surface area contributed by atoms with Gasteiger partial charge in [-0.05, 0) is 24.6 Å². The molecule has 0 spiro atoms. The van der Waals surface area contributed by atoms with Crippen LogP contribution in [-0.2, 0) is 14.3 Å². The molecule has 7 heteroatoms. The van der Waals surface area contributed by atoms with Gasteiger partial charge in [-0.1, -0.05) is 27.5 Å². The molecular formula is C13H15BrClNO4. The molecule has 1 aromatic rings. The molecule has 20 heavy (non-hydrogen) atoms. The molecule has 0 saturated heterocycles. The van der Waals surface area contributed by atoms with Crippen LogP contribution in [0.2, 0.25) is 5.02 Å². The van der Waals surface area contributed by atoms with Crippen molar-refractivity contribution in [2.24, 2.45) is 0 Å². The molecule has 110 valence electrons. The Kier molecular flexibility index (Phi) is 6.29. The second-order valence-corrected chi connectivity index (χ2v) is 5.44. The van der Waals surface area contributed by atoms with E-state index in [1.54, 1.807) is 6.07 Å². The van der Waals surface area contributed by atoms with E-state index in [0.29, 0.717) is 10.8 Å². The lowest BCUT2D eigenvalue weighted by atomic mass is 10.2. The summed E-state index contributed by atoms with van der Waals surface area (Å²) in [7, 11) is 1.25. The summed E-state index contributed by atoms with van der Waals surface area (Å²) in [5, 5.41) is 2.88. The summed E-state index contributed by atoms with van der Waals surface area (Å²) < 4.78 is 11.0. The van der Waals surface area contributed by atoms with Gasteiger partial charge in [-0.15, -0.1) is 0 Å². The number of ether oxygens (including phenoxy) is 2. The van der Waals surface area contributed by atoms with E-state index >= 15 is 0 Å². The fraction of sp³-hybridized carbons (Fsp3) is 0.385.